The quantitative estimate of drug-likeness (QED) is 0.812. The van der Waals surface area contributed by atoms with E-state index in [4.69, 9.17) is 15.4 Å². The molecule has 1 heterocycles. The van der Waals surface area contributed by atoms with E-state index in [1.54, 1.807) is 18.2 Å². The smallest absolute Gasteiger partial charge is 0.278 e. The van der Waals surface area contributed by atoms with Crippen molar-refractivity contribution in [2.24, 2.45) is 0 Å². The summed E-state index contributed by atoms with van der Waals surface area (Å²) in [6.45, 7) is 1.96. The number of ether oxygens (including phenoxy) is 1. The Morgan fingerprint density at radius 2 is 1.78 bits per heavy atom. The molecule has 18 heavy (non-hydrogen) atoms. The summed E-state index contributed by atoms with van der Waals surface area (Å²) in [5.74, 6) is 0.762. The normalized spacial score (nSPS) is 11.2. The molecule has 0 aliphatic rings. The third-order valence-electron chi connectivity index (χ3n) is 2.19. The molecule has 94 valence electrons. The zero-order chi connectivity index (χ0) is 13.2. The van der Waals surface area contributed by atoms with Gasteiger partial charge in [0.1, 0.15) is 5.75 Å². The first-order valence-corrected chi connectivity index (χ1v) is 7.42. The van der Waals surface area contributed by atoms with E-state index in [2.05, 4.69) is 4.98 Å². The molecule has 0 bridgehead atoms. The van der Waals surface area contributed by atoms with Crippen molar-refractivity contribution >= 4 is 19.7 Å². The van der Waals surface area contributed by atoms with Crippen molar-refractivity contribution in [2.75, 3.05) is 0 Å². The maximum absolute atomic E-state index is 11.1. The van der Waals surface area contributed by atoms with Crippen LogP contribution in [0.2, 0.25) is 0 Å². The van der Waals surface area contributed by atoms with Gasteiger partial charge < -0.3 is 4.74 Å². The second-order valence-corrected chi connectivity index (χ2v) is 6.18. The number of hydrogen-bond donors (Lipinski definition) is 0. The summed E-state index contributed by atoms with van der Waals surface area (Å²) in [6, 6.07) is 11.7. The lowest BCUT2D eigenvalue weighted by molar-refractivity contribution is 0.457. The highest BCUT2D eigenvalue weighted by molar-refractivity contribution is 8.13. The Balaban J connectivity index is 2.27. The summed E-state index contributed by atoms with van der Waals surface area (Å²) in [7, 11) is 1.37. The number of benzene rings is 1. The molecular formula is C12H10ClNO3S. The molecule has 0 aliphatic heterocycles. The maximum atomic E-state index is 11.1. The van der Waals surface area contributed by atoms with Crippen LogP contribution >= 0.6 is 10.7 Å². The molecular weight excluding hydrogens is 274 g/mol. The number of halogens is 1. The van der Waals surface area contributed by atoms with E-state index >= 15 is 0 Å². The van der Waals surface area contributed by atoms with Crippen LogP contribution in [0.3, 0.4) is 0 Å². The monoisotopic (exact) mass is 283 g/mol. The summed E-state index contributed by atoms with van der Waals surface area (Å²) in [6.07, 6.45) is 0. The second kappa shape index (κ2) is 4.96. The van der Waals surface area contributed by atoms with Crippen LogP contribution in [0.25, 0.3) is 0 Å². The number of rotatable bonds is 3. The van der Waals surface area contributed by atoms with Crippen LogP contribution in [0.15, 0.2) is 47.5 Å². The van der Waals surface area contributed by atoms with Crippen LogP contribution < -0.4 is 4.74 Å². The average molecular weight is 284 g/mol. The van der Waals surface area contributed by atoms with Crippen molar-refractivity contribution in [3.8, 4) is 11.6 Å². The fourth-order valence-corrected chi connectivity index (χ4v) is 2.01. The van der Waals surface area contributed by atoms with Crippen LogP contribution in [0, 0.1) is 6.92 Å². The van der Waals surface area contributed by atoms with Crippen molar-refractivity contribution < 1.29 is 13.2 Å². The van der Waals surface area contributed by atoms with Gasteiger partial charge in [-0.3, -0.25) is 0 Å². The van der Waals surface area contributed by atoms with Crippen molar-refractivity contribution in [1.29, 1.82) is 0 Å². The van der Waals surface area contributed by atoms with E-state index < -0.39 is 9.05 Å². The average Bonchev–Trinajstić information content (AvgIpc) is 2.31. The van der Waals surface area contributed by atoms with E-state index in [0.717, 1.165) is 5.56 Å². The van der Waals surface area contributed by atoms with Crippen LogP contribution in [-0.2, 0) is 9.05 Å². The van der Waals surface area contributed by atoms with Gasteiger partial charge in [-0.05, 0) is 25.1 Å². The molecule has 0 aliphatic carbocycles. The molecule has 0 saturated carbocycles. The molecule has 2 rings (SSSR count). The van der Waals surface area contributed by atoms with Gasteiger partial charge in [-0.1, -0.05) is 23.8 Å². The predicted octanol–water partition coefficient (Wildman–Crippen LogP) is 3.11. The molecule has 1 aromatic heterocycles. The van der Waals surface area contributed by atoms with Gasteiger partial charge in [0, 0.05) is 16.7 Å². The number of hydrogen-bond acceptors (Lipinski definition) is 4. The Bertz CT molecular complexity index is 653. The molecule has 0 fully saturated rings. The Morgan fingerprint density at radius 3 is 2.39 bits per heavy atom. The van der Waals surface area contributed by atoms with Crippen LogP contribution in [-0.4, -0.2) is 13.4 Å². The highest BCUT2D eigenvalue weighted by Crippen LogP contribution is 2.22. The number of pyridine rings is 1. The fraction of sp³-hybridized carbons (Fsp3) is 0.0833. The zero-order valence-electron chi connectivity index (χ0n) is 9.50. The Labute approximate surface area is 110 Å². The lowest BCUT2D eigenvalue weighted by Gasteiger charge is -2.05. The molecule has 0 saturated heterocycles. The van der Waals surface area contributed by atoms with Crippen LogP contribution in [0.4, 0.5) is 0 Å². The van der Waals surface area contributed by atoms with E-state index in [9.17, 15) is 8.42 Å². The van der Waals surface area contributed by atoms with Crippen molar-refractivity contribution in [2.45, 2.75) is 11.9 Å². The van der Waals surface area contributed by atoms with Crippen LogP contribution in [0.5, 0.6) is 11.6 Å². The molecule has 0 N–H and O–H groups in total. The summed E-state index contributed by atoms with van der Waals surface area (Å²) in [5, 5.41) is -0.228. The van der Waals surface area contributed by atoms with Gasteiger partial charge in [-0.15, -0.1) is 0 Å². The van der Waals surface area contributed by atoms with Gasteiger partial charge in [0.15, 0.2) is 5.03 Å². The maximum Gasteiger partial charge on any atom is 0.278 e. The van der Waals surface area contributed by atoms with E-state index in [1.165, 1.54) is 12.1 Å². The molecule has 6 heteroatoms. The van der Waals surface area contributed by atoms with Gasteiger partial charge >= 0.3 is 0 Å². The van der Waals surface area contributed by atoms with Crippen molar-refractivity contribution in [3.05, 3.63) is 48.0 Å². The van der Waals surface area contributed by atoms with E-state index in [1.807, 2.05) is 19.1 Å². The molecule has 2 aromatic rings. The first-order chi connectivity index (χ1) is 8.45. The summed E-state index contributed by atoms with van der Waals surface area (Å²) in [5.41, 5.74) is 1.10. The van der Waals surface area contributed by atoms with Crippen LogP contribution in [0.1, 0.15) is 5.56 Å². The lowest BCUT2D eigenvalue weighted by Crippen LogP contribution is -1.96. The molecule has 0 unspecified atom stereocenters. The molecule has 0 atom stereocenters. The lowest BCUT2D eigenvalue weighted by atomic mass is 10.2. The molecule has 0 radical (unpaired) electrons. The van der Waals surface area contributed by atoms with Crippen molar-refractivity contribution in [1.82, 2.24) is 4.98 Å². The molecule has 1 aromatic carbocycles. The standard InChI is InChI=1S/C12H10ClNO3S/c1-9-5-7-10(8-6-9)17-11-3-2-4-12(14-11)18(13,15)16/h2-8H,1H3. The van der Waals surface area contributed by atoms with E-state index in [0.29, 0.717) is 5.75 Å². The Kier molecular flexibility index (Phi) is 3.54. The zero-order valence-corrected chi connectivity index (χ0v) is 11.1. The number of nitrogens with zero attached hydrogens (tertiary/aromatic N) is 1. The number of aryl methyl sites for hydroxylation is 1. The Hall–Kier alpha value is -1.59. The highest BCUT2D eigenvalue weighted by atomic mass is 35.7. The first kappa shape index (κ1) is 12.9. The largest absolute Gasteiger partial charge is 0.439 e. The van der Waals surface area contributed by atoms with Gasteiger partial charge in [-0.25, -0.2) is 13.4 Å². The van der Waals surface area contributed by atoms with Gasteiger partial charge in [0.2, 0.25) is 5.88 Å². The van der Waals surface area contributed by atoms with Gasteiger partial charge in [0.25, 0.3) is 9.05 Å². The second-order valence-electron chi connectivity index (χ2n) is 3.67. The molecule has 4 nitrogen and oxygen atoms in total. The third kappa shape index (κ3) is 3.21. The predicted molar refractivity (Wildman–Crippen MR) is 68.5 cm³/mol. The summed E-state index contributed by atoms with van der Waals surface area (Å²) < 4.78 is 27.7. The van der Waals surface area contributed by atoms with Gasteiger partial charge in [-0.2, -0.15) is 0 Å². The fourth-order valence-electron chi connectivity index (χ4n) is 1.32. The Morgan fingerprint density at radius 1 is 1.11 bits per heavy atom. The summed E-state index contributed by atoms with van der Waals surface area (Å²) in [4.78, 5) is 3.82. The molecule has 0 amide bonds. The minimum absolute atomic E-state index is 0.181. The first-order valence-electron chi connectivity index (χ1n) is 5.11. The molecule has 0 spiro atoms. The third-order valence-corrected chi connectivity index (χ3v) is 3.39. The minimum Gasteiger partial charge on any atom is -0.439 e. The van der Waals surface area contributed by atoms with Crippen molar-refractivity contribution in [3.63, 3.8) is 0 Å². The highest BCUT2D eigenvalue weighted by Gasteiger charge is 2.12. The summed E-state index contributed by atoms with van der Waals surface area (Å²) >= 11 is 0. The van der Waals surface area contributed by atoms with E-state index in [-0.39, 0.29) is 10.9 Å². The van der Waals surface area contributed by atoms with Gasteiger partial charge in [0.05, 0.1) is 0 Å². The minimum atomic E-state index is -3.84. The topological polar surface area (TPSA) is 56.3 Å². The number of aromatic nitrogens is 1. The SMILES string of the molecule is Cc1ccc(Oc2cccc(S(=O)(=O)Cl)n2)cc1.